The van der Waals surface area contributed by atoms with Gasteiger partial charge in [0.15, 0.2) is 4.67 Å². The van der Waals surface area contributed by atoms with Crippen LogP contribution in [0.25, 0.3) is 0 Å². The number of furan rings is 1. The fourth-order valence-electron chi connectivity index (χ4n) is 1.66. The van der Waals surface area contributed by atoms with E-state index in [9.17, 15) is 8.42 Å². The molecule has 21 heavy (non-hydrogen) atoms. The van der Waals surface area contributed by atoms with Crippen LogP contribution in [0.4, 0.5) is 0 Å². The fourth-order valence-corrected chi connectivity index (χ4v) is 3.73. The number of hydrogen-bond donors (Lipinski definition) is 2. The maximum atomic E-state index is 12.2. The molecule has 0 fully saturated rings. The molecule has 0 bridgehead atoms. The van der Waals surface area contributed by atoms with Crippen molar-refractivity contribution >= 4 is 26.0 Å². The Balaban J connectivity index is 2.57. The Kier molecular flexibility index (Phi) is 8.50. The van der Waals surface area contributed by atoms with E-state index in [2.05, 4.69) is 32.9 Å². The Morgan fingerprint density at radius 1 is 1.33 bits per heavy atom. The van der Waals surface area contributed by atoms with E-state index in [0.29, 0.717) is 38.5 Å². The SMILES string of the molecule is CCCNCc1cc(S(=O)(=O)NCCCOCC)c(Br)o1. The number of rotatable bonds is 11. The summed E-state index contributed by atoms with van der Waals surface area (Å²) in [5, 5.41) is 3.16. The van der Waals surface area contributed by atoms with E-state index in [1.807, 2.05) is 6.92 Å². The van der Waals surface area contributed by atoms with Gasteiger partial charge in [0.05, 0.1) is 6.54 Å². The third-order valence-corrected chi connectivity index (χ3v) is 5.00. The second-order valence-electron chi connectivity index (χ2n) is 4.48. The molecule has 6 nitrogen and oxygen atoms in total. The van der Waals surface area contributed by atoms with Crippen LogP contribution < -0.4 is 10.0 Å². The van der Waals surface area contributed by atoms with Crippen molar-refractivity contribution in [1.29, 1.82) is 0 Å². The van der Waals surface area contributed by atoms with Gasteiger partial charge in [-0.25, -0.2) is 13.1 Å². The van der Waals surface area contributed by atoms with Crippen LogP contribution in [0.2, 0.25) is 0 Å². The molecule has 0 radical (unpaired) electrons. The summed E-state index contributed by atoms with van der Waals surface area (Å²) in [4.78, 5) is 0.132. The summed E-state index contributed by atoms with van der Waals surface area (Å²) >= 11 is 3.16. The molecule has 0 aliphatic rings. The highest BCUT2D eigenvalue weighted by atomic mass is 79.9. The first-order chi connectivity index (χ1) is 10.0. The van der Waals surface area contributed by atoms with E-state index in [0.717, 1.165) is 13.0 Å². The van der Waals surface area contributed by atoms with Gasteiger partial charge in [0.25, 0.3) is 0 Å². The lowest BCUT2D eigenvalue weighted by molar-refractivity contribution is 0.146. The number of hydrogen-bond acceptors (Lipinski definition) is 5. The molecular weight excluding hydrogens is 360 g/mol. The first kappa shape index (κ1) is 18.6. The van der Waals surface area contributed by atoms with E-state index < -0.39 is 10.0 Å². The largest absolute Gasteiger partial charge is 0.452 e. The van der Waals surface area contributed by atoms with Crippen LogP contribution in [0.3, 0.4) is 0 Å². The highest BCUT2D eigenvalue weighted by molar-refractivity contribution is 9.10. The smallest absolute Gasteiger partial charge is 0.244 e. The van der Waals surface area contributed by atoms with Gasteiger partial charge in [-0.3, -0.25) is 0 Å². The standard InChI is InChI=1S/C13H23BrN2O4S/c1-3-6-15-10-11-9-12(13(14)20-11)21(17,18)16-7-5-8-19-4-2/h9,15-16H,3-8,10H2,1-2H3. The Morgan fingerprint density at radius 2 is 2.10 bits per heavy atom. The third-order valence-electron chi connectivity index (χ3n) is 2.68. The van der Waals surface area contributed by atoms with Crippen LogP contribution >= 0.6 is 15.9 Å². The van der Waals surface area contributed by atoms with Crippen LogP contribution in [0.1, 0.15) is 32.4 Å². The van der Waals surface area contributed by atoms with Crippen LogP contribution in [0, 0.1) is 0 Å². The minimum Gasteiger partial charge on any atom is -0.452 e. The zero-order chi connectivity index (χ0) is 15.7. The average molecular weight is 383 g/mol. The van der Waals surface area contributed by atoms with Crippen molar-refractivity contribution in [2.24, 2.45) is 0 Å². The van der Waals surface area contributed by atoms with Crippen LogP contribution in [-0.2, 0) is 21.3 Å². The molecule has 0 aliphatic carbocycles. The van der Waals surface area contributed by atoms with Crippen LogP contribution in [-0.4, -0.2) is 34.7 Å². The first-order valence-corrected chi connectivity index (χ1v) is 9.35. The van der Waals surface area contributed by atoms with E-state index >= 15 is 0 Å². The Labute approximate surface area is 134 Å². The molecule has 1 heterocycles. The first-order valence-electron chi connectivity index (χ1n) is 7.07. The molecular formula is C13H23BrN2O4S. The third kappa shape index (κ3) is 6.48. The molecule has 1 rings (SSSR count). The number of halogens is 1. The highest BCUT2D eigenvalue weighted by Crippen LogP contribution is 2.25. The second kappa shape index (κ2) is 9.58. The maximum Gasteiger partial charge on any atom is 0.244 e. The summed E-state index contributed by atoms with van der Waals surface area (Å²) in [6, 6.07) is 1.54. The zero-order valence-electron chi connectivity index (χ0n) is 12.4. The molecule has 1 aromatic heterocycles. The summed E-state index contributed by atoms with van der Waals surface area (Å²) in [5.41, 5.74) is 0. The molecule has 1 aromatic rings. The van der Waals surface area contributed by atoms with E-state index in [1.54, 1.807) is 0 Å². The average Bonchev–Trinajstić information content (AvgIpc) is 2.81. The van der Waals surface area contributed by atoms with Gasteiger partial charge >= 0.3 is 0 Å². The van der Waals surface area contributed by atoms with E-state index in [-0.39, 0.29) is 9.56 Å². The predicted molar refractivity (Wildman–Crippen MR) is 84.7 cm³/mol. The van der Waals surface area contributed by atoms with E-state index in [1.165, 1.54) is 6.07 Å². The minimum atomic E-state index is -3.56. The number of ether oxygens (including phenoxy) is 1. The summed E-state index contributed by atoms with van der Waals surface area (Å²) < 4.78 is 37.7. The number of sulfonamides is 1. The van der Waals surface area contributed by atoms with Gasteiger partial charge in [0.1, 0.15) is 10.7 Å². The van der Waals surface area contributed by atoms with Crippen LogP contribution in [0.15, 0.2) is 20.0 Å². The molecule has 0 amide bonds. The van der Waals surface area contributed by atoms with Crippen LogP contribution in [0.5, 0.6) is 0 Å². The Hall–Kier alpha value is -0.410. The van der Waals surface area contributed by atoms with Crippen molar-refractivity contribution in [2.75, 3.05) is 26.3 Å². The Bertz CT molecular complexity index is 516. The van der Waals surface area contributed by atoms with Crippen molar-refractivity contribution in [3.05, 3.63) is 16.5 Å². The predicted octanol–water partition coefficient (Wildman–Crippen LogP) is 2.25. The maximum absolute atomic E-state index is 12.2. The molecule has 0 aliphatic heterocycles. The van der Waals surface area contributed by atoms with Crippen molar-refractivity contribution in [3.8, 4) is 0 Å². The molecule has 2 N–H and O–H groups in total. The van der Waals surface area contributed by atoms with Gasteiger partial charge in [0, 0.05) is 25.8 Å². The molecule has 0 spiro atoms. The molecule has 8 heteroatoms. The van der Waals surface area contributed by atoms with Gasteiger partial charge in [-0.2, -0.15) is 0 Å². The van der Waals surface area contributed by atoms with Crippen molar-refractivity contribution in [2.45, 2.75) is 38.1 Å². The second-order valence-corrected chi connectivity index (χ2v) is 6.93. The lowest BCUT2D eigenvalue weighted by Gasteiger charge is -2.05. The summed E-state index contributed by atoms with van der Waals surface area (Å²) in [6.45, 7) is 6.84. The minimum absolute atomic E-state index is 0.132. The highest BCUT2D eigenvalue weighted by Gasteiger charge is 2.21. The lowest BCUT2D eigenvalue weighted by atomic mass is 10.4. The molecule has 0 unspecified atom stereocenters. The van der Waals surface area contributed by atoms with Crippen molar-refractivity contribution in [3.63, 3.8) is 0 Å². The quantitative estimate of drug-likeness (QED) is 0.573. The molecule has 0 saturated carbocycles. The molecule has 0 saturated heterocycles. The van der Waals surface area contributed by atoms with Gasteiger partial charge < -0.3 is 14.5 Å². The summed E-state index contributed by atoms with van der Waals surface area (Å²) in [7, 11) is -3.56. The number of nitrogens with one attached hydrogen (secondary N) is 2. The van der Waals surface area contributed by atoms with Gasteiger partial charge in [0.2, 0.25) is 10.0 Å². The van der Waals surface area contributed by atoms with Gasteiger partial charge in [-0.15, -0.1) is 0 Å². The zero-order valence-corrected chi connectivity index (χ0v) is 14.8. The normalized spacial score (nSPS) is 12.0. The Morgan fingerprint density at radius 3 is 2.76 bits per heavy atom. The summed E-state index contributed by atoms with van der Waals surface area (Å²) in [5.74, 6) is 0.588. The van der Waals surface area contributed by atoms with Crippen molar-refractivity contribution in [1.82, 2.24) is 10.0 Å². The monoisotopic (exact) mass is 382 g/mol. The van der Waals surface area contributed by atoms with Crippen molar-refractivity contribution < 1.29 is 17.6 Å². The molecule has 122 valence electrons. The lowest BCUT2D eigenvalue weighted by Crippen LogP contribution is -2.25. The van der Waals surface area contributed by atoms with Gasteiger partial charge in [-0.1, -0.05) is 6.92 Å². The van der Waals surface area contributed by atoms with E-state index in [4.69, 9.17) is 9.15 Å². The fraction of sp³-hybridized carbons (Fsp3) is 0.692. The molecule has 0 atom stereocenters. The topological polar surface area (TPSA) is 80.6 Å². The van der Waals surface area contributed by atoms with Gasteiger partial charge in [-0.05, 0) is 42.2 Å². The molecule has 0 aromatic carbocycles. The summed E-state index contributed by atoms with van der Waals surface area (Å²) in [6.07, 6.45) is 1.64.